The van der Waals surface area contributed by atoms with Crippen molar-refractivity contribution in [2.75, 3.05) is 5.32 Å². The van der Waals surface area contributed by atoms with Crippen LogP contribution in [0.15, 0.2) is 71.7 Å². The fourth-order valence-electron chi connectivity index (χ4n) is 2.97. The van der Waals surface area contributed by atoms with Crippen LogP contribution in [0.25, 0.3) is 5.69 Å². The summed E-state index contributed by atoms with van der Waals surface area (Å²) < 4.78 is 1.57. The quantitative estimate of drug-likeness (QED) is 0.500. The van der Waals surface area contributed by atoms with Gasteiger partial charge in [0, 0.05) is 34.3 Å². The van der Waals surface area contributed by atoms with E-state index in [0.29, 0.717) is 22.3 Å². The molecule has 0 atom stereocenters. The molecule has 2 heterocycles. The van der Waals surface area contributed by atoms with Crippen LogP contribution < -0.4 is 10.7 Å². The van der Waals surface area contributed by atoms with Crippen LogP contribution in [0, 0.1) is 6.92 Å². The number of nitrogens with zero attached hydrogens (tertiary/aromatic N) is 3. The van der Waals surface area contributed by atoms with Gasteiger partial charge in [-0.15, -0.1) is 11.3 Å². The van der Waals surface area contributed by atoms with Gasteiger partial charge in [-0.2, -0.15) is 5.10 Å². The number of amides is 1. The molecule has 2 aromatic carbocycles. The van der Waals surface area contributed by atoms with E-state index in [0.717, 1.165) is 16.1 Å². The van der Waals surface area contributed by atoms with Gasteiger partial charge in [0.25, 0.3) is 5.91 Å². The Balaban J connectivity index is 1.55. The third-order valence-electron chi connectivity index (χ3n) is 4.42. The van der Waals surface area contributed by atoms with Crippen LogP contribution in [0.5, 0.6) is 0 Å². The first-order chi connectivity index (χ1) is 14.5. The van der Waals surface area contributed by atoms with Gasteiger partial charge in [0.1, 0.15) is 0 Å². The molecule has 0 aliphatic rings. The minimum absolute atomic E-state index is 0.188. The maximum atomic E-state index is 12.7. The van der Waals surface area contributed by atoms with E-state index >= 15 is 0 Å². The first-order valence-electron chi connectivity index (χ1n) is 9.17. The number of para-hydroxylation sites is 1. The Labute approximate surface area is 181 Å². The Morgan fingerprint density at radius 3 is 2.63 bits per heavy atom. The fraction of sp³-hybridized carbons (Fsp3) is 0.0909. The maximum absolute atomic E-state index is 12.7. The van der Waals surface area contributed by atoms with Crippen molar-refractivity contribution < 1.29 is 4.79 Å². The van der Waals surface area contributed by atoms with Crippen molar-refractivity contribution in [3.63, 3.8) is 0 Å². The second kappa shape index (κ2) is 8.61. The molecule has 0 saturated heterocycles. The molecule has 4 aromatic rings. The minimum Gasteiger partial charge on any atom is -0.296 e. The van der Waals surface area contributed by atoms with Crippen molar-refractivity contribution in [3.05, 3.63) is 104 Å². The second-order valence-corrected chi connectivity index (χ2v) is 8.12. The van der Waals surface area contributed by atoms with Crippen LogP contribution >= 0.6 is 22.9 Å². The molecule has 0 spiro atoms. The Morgan fingerprint density at radius 1 is 1.13 bits per heavy atom. The summed E-state index contributed by atoms with van der Waals surface area (Å²) in [6, 6.07) is 18.3. The molecule has 8 heteroatoms. The van der Waals surface area contributed by atoms with Crippen molar-refractivity contribution in [3.8, 4) is 5.69 Å². The summed E-state index contributed by atoms with van der Waals surface area (Å²) in [7, 11) is 0. The SMILES string of the molecule is Cc1cc(=O)c(C(=O)Nc2ncc(Cc3ccccc3Cl)s2)nn1-c1ccccc1. The van der Waals surface area contributed by atoms with E-state index in [1.807, 2.05) is 54.6 Å². The van der Waals surface area contributed by atoms with Crippen LogP contribution in [0.4, 0.5) is 5.13 Å². The highest BCUT2D eigenvalue weighted by atomic mass is 35.5. The highest BCUT2D eigenvalue weighted by Gasteiger charge is 2.17. The molecule has 2 aromatic heterocycles. The zero-order valence-electron chi connectivity index (χ0n) is 16.0. The van der Waals surface area contributed by atoms with Crippen LogP contribution in [0.1, 0.15) is 26.6 Å². The van der Waals surface area contributed by atoms with Gasteiger partial charge in [-0.05, 0) is 30.7 Å². The van der Waals surface area contributed by atoms with Gasteiger partial charge in [-0.3, -0.25) is 14.9 Å². The lowest BCUT2D eigenvalue weighted by Crippen LogP contribution is -2.26. The number of hydrogen-bond donors (Lipinski definition) is 1. The Morgan fingerprint density at radius 2 is 1.87 bits per heavy atom. The van der Waals surface area contributed by atoms with E-state index in [1.54, 1.807) is 17.8 Å². The highest BCUT2D eigenvalue weighted by Crippen LogP contribution is 2.24. The van der Waals surface area contributed by atoms with Gasteiger partial charge in [-0.25, -0.2) is 9.67 Å². The van der Waals surface area contributed by atoms with Gasteiger partial charge in [0.2, 0.25) is 5.43 Å². The van der Waals surface area contributed by atoms with E-state index < -0.39 is 11.3 Å². The molecule has 0 aliphatic carbocycles. The molecular weight excluding hydrogens is 420 g/mol. The number of halogens is 1. The Hall–Kier alpha value is -3.29. The molecule has 0 fully saturated rings. The number of hydrogen-bond acceptors (Lipinski definition) is 5. The molecule has 6 nitrogen and oxygen atoms in total. The number of thiazole rings is 1. The molecule has 30 heavy (non-hydrogen) atoms. The minimum atomic E-state index is -0.594. The van der Waals surface area contributed by atoms with Crippen molar-refractivity contribution in [2.24, 2.45) is 0 Å². The number of nitrogens with one attached hydrogen (secondary N) is 1. The van der Waals surface area contributed by atoms with Gasteiger partial charge in [0.05, 0.1) is 5.69 Å². The standard InChI is InChI=1S/C22H17ClN4O2S/c1-14-11-19(28)20(26-27(14)16-8-3-2-4-9-16)21(29)25-22-24-13-17(30-22)12-15-7-5-6-10-18(15)23/h2-11,13H,12H2,1H3,(H,24,25,29). The maximum Gasteiger partial charge on any atom is 0.281 e. The zero-order valence-corrected chi connectivity index (χ0v) is 17.6. The summed E-state index contributed by atoms with van der Waals surface area (Å²) in [5, 5.41) is 8.03. The zero-order chi connectivity index (χ0) is 21.1. The van der Waals surface area contributed by atoms with Crippen molar-refractivity contribution in [2.45, 2.75) is 13.3 Å². The number of carbonyl (C=O) groups excluding carboxylic acids is 1. The molecule has 1 N–H and O–H groups in total. The van der Waals surface area contributed by atoms with Gasteiger partial charge >= 0.3 is 0 Å². The first kappa shape index (κ1) is 20.0. The normalized spacial score (nSPS) is 10.7. The summed E-state index contributed by atoms with van der Waals surface area (Å²) in [5.74, 6) is -0.594. The average molecular weight is 437 g/mol. The van der Waals surface area contributed by atoms with E-state index in [2.05, 4.69) is 15.4 Å². The van der Waals surface area contributed by atoms with Gasteiger partial charge in [0.15, 0.2) is 10.8 Å². The molecule has 0 saturated carbocycles. The van der Waals surface area contributed by atoms with Crippen molar-refractivity contribution in [1.82, 2.24) is 14.8 Å². The van der Waals surface area contributed by atoms with Crippen LogP contribution in [0.2, 0.25) is 5.02 Å². The molecule has 1 amide bonds. The van der Waals surface area contributed by atoms with E-state index in [-0.39, 0.29) is 5.69 Å². The lowest BCUT2D eigenvalue weighted by Gasteiger charge is -2.10. The van der Waals surface area contributed by atoms with Gasteiger partial charge < -0.3 is 0 Å². The van der Waals surface area contributed by atoms with E-state index in [9.17, 15) is 9.59 Å². The Bertz CT molecular complexity index is 1270. The number of benzene rings is 2. The van der Waals surface area contributed by atoms with Crippen LogP contribution in [-0.4, -0.2) is 20.7 Å². The lowest BCUT2D eigenvalue weighted by atomic mass is 10.1. The molecule has 4 rings (SSSR count). The molecule has 0 aliphatic heterocycles. The van der Waals surface area contributed by atoms with E-state index in [4.69, 9.17) is 11.6 Å². The third kappa shape index (κ3) is 4.32. The Kier molecular flexibility index (Phi) is 5.74. The molecule has 0 radical (unpaired) electrons. The first-order valence-corrected chi connectivity index (χ1v) is 10.4. The fourth-order valence-corrected chi connectivity index (χ4v) is 4.00. The number of anilines is 1. The summed E-state index contributed by atoms with van der Waals surface area (Å²) in [6.45, 7) is 1.77. The highest BCUT2D eigenvalue weighted by molar-refractivity contribution is 7.15. The summed E-state index contributed by atoms with van der Waals surface area (Å²) in [6.07, 6.45) is 2.30. The topological polar surface area (TPSA) is 76.9 Å². The predicted octanol–water partition coefficient (Wildman–Crippen LogP) is 4.49. The summed E-state index contributed by atoms with van der Waals surface area (Å²) in [4.78, 5) is 30.3. The number of carbonyl (C=O) groups is 1. The number of rotatable bonds is 5. The van der Waals surface area contributed by atoms with E-state index in [1.165, 1.54) is 17.4 Å². The monoisotopic (exact) mass is 436 g/mol. The van der Waals surface area contributed by atoms with Crippen molar-refractivity contribution >= 4 is 34.0 Å². The van der Waals surface area contributed by atoms with Crippen LogP contribution in [0.3, 0.4) is 0 Å². The molecule has 150 valence electrons. The molecular formula is C22H17ClN4O2S. The number of aryl methyl sites for hydroxylation is 1. The largest absolute Gasteiger partial charge is 0.296 e. The predicted molar refractivity (Wildman–Crippen MR) is 119 cm³/mol. The van der Waals surface area contributed by atoms with Crippen molar-refractivity contribution in [1.29, 1.82) is 0 Å². The summed E-state index contributed by atoms with van der Waals surface area (Å²) in [5.41, 5.74) is 1.75. The number of aromatic nitrogens is 3. The lowest BCUT2D eigenvalue weighted by molar-refractivity contribution is 0.101. The average Bonchev–Trinajstić information content (AvgIpc) is 3.17. The summed E-state index contributed by atoms with van der Waals surface area (Å²) >= 11 is 7.54. The molecule has 0 bridgehead atoms. The second-order valence-electron chi connectivity index (χ2n) is 6.60. The van der Waals surface area contributed by atoms with Crippen LogP contribution in [-0.2, 0) is 6.42 Å². The molecule has 0 unspecified atom stereocenters. The smallest absolute Gasteiger partial charge is 0.281 e. The van der Waals surface area contributed by atoms with Gasteiger partial charge in [-0.1, -0.05) is 48.0 Å². The third-order valence-corrected chi connectivity index (χ3v) is 5.70.